The van der Waals surface area contributed by atoms with Crippen LogP contribution < -0.4 is 0 Å². The van der Waals surface area contributed by atoms with Gasteiger partial charge in [0, 0.05) is 10.1 Å². The van der Waals surface area contributed by atoms with Crippen LogP contribution in [0.15, 0.2) is 29.2 Å². The lowest BCUT2D eigenvalue weighted by atomic mass is 10.2. The van der Waals surface area contributed by atoms with Gasteiger partial charge in [-0.05, 0) is 30.5 Å². The van der Waals surface area contributed by atoms with Gasteiger partial charge in [0.25, 0.3) is 0 Å². The van der Waals surface area contributed by atoms with Crippen LogP contribution in [0.5, 0.6) is 0 Å². The van der Waals surface area contributed by atoms with Gasteiger partial charge >= 0.3 is 0 Å². The molecule has 0 radical (unpaired) electrons. The topological polar surface area (TPSA) is 29.5 Å². The number of aliphatic hydroxyl groups is 1. The number of thioether (sulfide) groups is 1. The molecule has 0 aliphatic heterocycles. The molecule has 1 aromatic rings. The Labute approximate surface area is 107 Å². The molecule has 0 saturated heterocycles. The first-order valence-electron chi connectivity index (χ1n) is 6.32. The van der Waals surface area contributed by atoms with Gasteiger partial charge in [0.2, 0.25) is 0 Å². The lowest BCUT2D eigenvalue weighted by molar-refractivity contribution is 0.0815. The van der Waals surface area contributed by atoms with Crippen molar-refractivity contribution in [1.82, 2.24) is 0 Å². The SMILES string of the molecule is OCCOCc1cccc(SC2CCCC2)c1. The summed E-state index contributed by atoms with van der Waals surface area (Å²) in [4.78, 5) is 1.35. The van der Waals surface area contributed by atoms with E-state index in [2.05, 4.69) is 24.3 Å². The maximum atomic E-state index is 8.66. The zero-order valence-corrected chi connectivity index (χ0v) is 10.9. The van der Waals surface area contributed by atoms with Crippen LogP contribution in [0.25, 0.3) is 0 Å². The number of hydrogen-bond donors (Lipinski definition) is 1. The fourth-order valence-electron chi connectivity index (χ4n) is 2.16. The molecule has 1 fully saturated rings. The lowest BCUT2D eigenvalue weighted by Gasteiger charge is -2.10. The highest BCUT2D eigenvalue weighted by molar-refractivity contribution is 8.00. The van der Waals surface area contributed by atoms with E-state index in [0.717, 1.165) is 5.25 Å². The molecule has 1 N–H and O–H groups in total. The van der Waals surface area contributed by atoms with Gasteiger partial charge in [-0.15, -0.1) is 11.8 Å². The first-order valence-corrected chi connectivity index (χ1v) is 7.20. The molecule has 0 heterocycles. The van der Waals surface area contributed by atoms with Crippen LogP contribution in [-0.4, -0.2) is 23.6 Å². The number of hydrogen-bond acceptors (Lipinski definition) is 3. The largest absolute Gasteiger partial charge is 0.394 e. The van der Waals surface area contributed by atoms with Crippen LogP contribution in [0.3, 0.4) is 0 Å². The van der Waals surface area contributed by atoms with Gasteiger partial charge in [-0.25, -0.2) is 0 Å². The van der Waals surface area contributed by atoms with Crippen molar-refractivity contribution in [2.45, 2.75) is 42.4 Å². The average Bonchev–Trinajstić information content (AvgIpc) is 2.83. The van der Waals surface area contributed by atoms with Gasteiger partial charge in [-0.1, -0.05) is 25.0 Å². The number of benzene rings is 1. The molecule has 0 atom stereocenters. The fourth-order valence-corrected chi connectivity index (χ4v) is 3.49. The molecule has 0 bridgehead atoms. The van der Waals surface area contributed by atoms with Gasteiger partial charge < -0.3 is 9.84 Å². The Morgan fingerprint density at radius 1 is 1.29 bits per heavy atom. The Morgan fingerprint density at radius 2 is 2.12 bits per heavy atom. The van der Waals surface area contributed by atoms with Crippen molar-refractivity contribution >= 4 is 11.8 Å². The van der Waals surface area contributed by atoms with E-state index in [-0.39, 0.29) is 6.61 Å². The molecule has 1 aromatic carbocycles. The fraction of sp³-hybridized carbons (Fsp3) is 0.571. The van der Waals surface area contributed by atoms with Crippen LogP contribution in [0, 0.1) is 0 Å². The molecule has 1 aliphatic carbocycles. The van der Waals surface area contributed by atoms with Crippen LogP contribution in [0.4, 0.5) is 0 Å². The third-order valence-electron chi connectivity index (χ3n) is 3.01. The summed E-state index contributed by atoms with van der Waals surface area (Å²) in [5.41, 5.74) is 1.20. The van der Waals surface area contributed by atoms with Gasteiger partial charge in [0.1, 0.15) is 0 Å². The molecule has 94 valence electrons. The monoisotopic (exact) mass is 252 g/mol. The van der Waals surface area contributed by atoms with Crippen LogP contribution in [0.1, 0.15) is 31.2 Å². The Hall–Kier alpha value is -0.510. The zero-order chi connectivity index (χ0) is 11.9. The second-order valence-electron chi connectivity index (χ2n) is 4.45. The van der Waals surface area contributed by atoms with Crippen molar-refractivity contribution in [3.8, 4) is 0 Å². The summed E-state index contributed by atoms with van der Waals surface area (Å²) in [6.45, 7) is 1.11. The van der Waals surface area contributed by atoms with Crippen molar-refractivity contribution in [2.24, 2.45) is 0 Å². The summed E-state index contributed by atoms with van der Waals surface area (Å²) < 4.78 is 5.33. The standard InChI is InChI=1S/C14H20O2S/c15-8-9-16-11-12-4-3-7-14(10-12)17-13-5-1-2-6-13/h3-4,7,10,13,15H,1-2,5-6,8-9,11H2. The Kier molecular flexibility index (Phi) is 5.36. The second kappa shape index (κ2) is 7.04. The second-order valence-corrected chi connectivity index (χ2v) is 5.82. The summed E-state index contributed by atoms with van der Waals surface area (Å²) in [7, 11) is 0. The first-order chi connectivity index (χ1) is 8.38. The molecule has 0 amide bonds. The van der Waals surface area contributed by atoms with Gasteiger partial charge in [0.05, 0.1) is 19.8 Å². The molecule has 1 aliphatic rings. The highest BCUT2D eigenvalue weighted by atomic mass is 32.2. The van der Waals surface area contributed by atoms with Crippen molar-refractivity contribution in [2.75, 3.05) is 13.2 Å². The van der Waals surface area contributed by atoms with E-state index in [9.17, 15) is 0 Å². The van der Waals surface area contributed by atoms with E-state index in [1.165, 1.54) is 36.1 Å². The maximum absolute atomic E-state index is 8.66. The van der Waals surface area contributed by atoms with E-state index < -0.39 is 0 Å². The highest BCUT2D eigenvalue weighted by Gasteiger charge is 2.15. The Bertz CT molecular complexity index is 335. The van der Waals surface area contributed by atoms with Crippen molar-refractivity contribution in [1.29, 1.82) is 0 Å². The number of ether oxygens (including phenoxy) is 1. The smallest absolute Gasteiger partial charge is 0.0718 e. The van der Waals surface area contributed by atoms with E-state index in [1.807, 2.05) is 11.8 Å². The summed E-state index contributed by atoms with van der Waals surface area (Å²) in [6.07, 6.45) is 5.49. The molecule has 0 aromatic heterocycles. The minimum absolute atomic E-state index is 0.0938. The van der Waals surface area contributed by atoms with Crippen molar-refractivity contribution in [3.05, 3.63) is 29.8 Å². The van der Waals surface area contributed by atoms with Crippen LogP contribution >= 0.6 is 11.8 Å². The van der Waals surface area contributed by atoms with E-state index >= 15 is 0 Å². The molecule has 17 heavy (non-hydrogen) atoms. The zero-order valence-electron chi connectivity index (χ0n) is 10.1. The summed E-state index contributed by atoms with van der Waals surface area (Å²) >= 11 is 2.00. The third kappa shape index (κ3) is 4.34. The van der Waals surface area contributed by atoms with Crippen molar-refractivity contribution in [3.63, 3.8) is 0 Å². The van der Waals surface area contributed by atoms with E-state index in [1.54, 1.807) is 0 Å². The third-order valence-corrected chi connectivity index (χ3v) is 4.34. The molecular weight excluding hydrogens is 232 g/mol. The van der Waals surface area contributed by atoms with Gasteiger partial charge in [-0.2, -0.15) is 0 Å². The Balaban J connectivity index is 1.86. The van der Waals surface area contributed by atoms with Crippen LogP contribution in [-0.2, 0) is 11.3 Å². The highest BCUT2D eigenvalue weighted by Crippen LogP contribution is 2.34. The molecule has 0 unspecified atom stereocenters. The lowest BCUT2D eigenvalue weighted by Crippen LogP contribution is -1.99. The average molecular weight is 252 g/mol. The number of aliphatic hydroxyl groups excluding tert-OH is 1. The predicted molar refractivity (Wildman–Crippen MR) is 71.3 cm³/mol. The summed E-state index contributed by atoms with van der Waals surface area (Å²) in [5, 5.41) is 9.47. The van der Waals surface area contributed by atoms with Crippen LogP contribution in [0.2, 0.25) is 0 Å². The van der Waals surface area contributed by atoms with Gasteiger partial charge in [-0.3, -0.25) is 0 Å². The first kappa shape index (κ1) is 12.9. The predicted octanol–water partition coefficient (Wildman–Crippen LogP) is 3.23. The minimum Gasteiger partial charge on any atom is -0.394 e. The number of rotatable bonds is 6. The maximum Gasteiger partial charge on any atom is 0.0718 e. The minimum atomic E-state index is 0.0938. The molecule has 0 spiro atoms. The molecule has 1 saturated carbocycles. The van der Waals surface area contributed by atoms with Crippen molar-refractivity contribution < 1.29 is 9.84 Å². The summed E-state index contributed by atoms with van der Waals surface area (Å²) in [5.74, 6) is 0. The van der Waals surface area contributed by atoms with E-state index in [0.29, 0.717) is 13.2 Å². The van der Waals surface area contributed by atoms with Gasteiger partial charge in [0.15, 0.2) is 0 Å². The van der Waals surface area contributed by atoms with E-state index in [4.69, 9.17) is 9.84 Å². The molecule has 2 rings (SSSR count). The Morgan fingerprint density at radius 3 is 2.88 bits per heavy atom. The molecule has 2 nitrogen and oxygen atoms in total. The molecule has 3 heteroatoms. The normalized spacial score (nSPS) is 16.5. The molecular formula is C14H20O2S. The quantitative estimate of drug-likeness (QED) is 0.788. The summed E-state index contributed by atoms with van der Waals surface area (Å²) in [6, 6.07) is 8.56.